The Morgan fingerprint density at radius 1 is 0.862 bits per heavy atom. The Kier molecular flexibility index (Phi) is 3.99. The number of aliphatic imine (C=N–C) groups is 1. The number of carbonyl (C=O) groups is 2. The molecule has 3 nitrogen and oxygen atoms in total. The largest absolute Gasteiger partial charge is 0.299 e. The summed E-state index contributed by atoms with van der Waals surface area (Å²) in [5, 5.41) is 0. The van der Waals surface area contributed by atoms with Crippen LogP contribution in [0, 0.1) is 5.92 Å². The maximum absolute atomic E-state index is 13.4. The number of rotatable bonds is 1. The minimum absolute atomic E-state index is 0.0293. The van der Waals surface area contributed by atoms with E-state index in [1.807, 2.05) is 24.3 Å². The minimum atomic E-state index is -0.304. The highest BCUT2D eigenvalue weighted by Gasteiger charge is 2.47. The zero-order valence-electron chi connectivity index (χ0n) is 17.2. The van der Waals surface area contributed by atoms with Crippen LogP contribution < -0.4 is 0 Å². The van der Waals surface area contributed by atoms with Crippen molar-refractivity contribution in [1.29, 1.82) is 0 Å². The first-order valence-corrected chi connectivity index (χ1v) is 10.4. The molecule has 1 saturated carbocycles. The number of allylic oxidation sites excluding steroid dienone is 1. The number of fused-ring (bicyclic) bond motifs is 3. The van der Waals surface area contributed by atoms with Crippen molar-refractivity contribution >= 4 is 23.0 Å². The molecule has 2 aromatic rings. The van der Waals surface area contributed by atoms with Crippen molar-refractivity contribution < 1.29 is 9.59 Å². The van der Waals surface area contributed by atoms with Crippen molar-refractivity contribution in [3.05, 3.63) is 76.4 Å². The predicted molar refractivity (Wildman–Crippen MR) is 115 cm³/mol. The van der Waals surface area contributed by atoms with Gasteiger partial charge in [-0.25, -0.2) is 0 Å². The van der Waals surface area contributed by atoms with Gasteiger partial charge in [0.25, 0.3) is 0 Å². The molecule has 1 fully saturated rings. The average Bonchev–Trinajstić information content (AvgIpc) is 2.99. The molecule has 2 aliphatic carbocycles. The summed E-state index contributed by atoms with van der Waals surface area (Å²) in [4.78, 5) is 31.3. The van der Waals surface area contributed by atoms with Crippen LogP contribution in [0.2, 0.25) is 0 Å². The Bertz CT molecular complexity index is 1100. The van der Waals surface area contributed by atoms with E-state index in [1.54, 1.807) is 0 Å². The third-order valence-corrected chi connectivity index (χ3v) is 6.52. The van der Waals surface area contributed by atoms with Gasteiger partial charge in [0.1, 0.15) is 5.78 Å². The molecule has 0 aromatic heterocycles. The van der Waals surface area contributed by atoms with Gasteiger partial charge in [-0.3, -0.25) is 14.6 Å². The van der Waals surface area contributed by atoms with Crippen molar-refractivity contribution in [2.24, 2.45) is 10.9 Å². The van der Waals surface area contributed by atoms with Crippen LogP contribution in [0.3, 0.4) is 0 Å². The lowest BCUT2D eigenvalue weighted by molar-refractivity contribution is -0.121. The Labute approximate surface area is 171 Å². The zero-order valence-corrected chi connectivity index (χ0v) is 17.2. The number of hydrogen-bond acceptors (Lipinski definition) is 3. The molecule has 29 heavy (non-hydrogen) atoms. The highest BCUT2D eigenvalue weighted by molar-refractivity contribution is 6.25. The minimum Gasteiger partial charge on any atom is -0.299 e. The van der Waals surface area contributed by atoms with Crippen LogP contribution >= 0.6 is 0 Å². The molecule has 1 aliphatic heterocycles. The van der Waals surface area contributed by atoms with Gasteiger partial charge in [0.2, 0.25) is 0 Å². The molecular weight excluding hydrogens is 358 g/mol. The molecule has 2 aromatic carbocycles. The van der Waals surface area contributed by atoms with Gasteiger partial charge >= 0.3 is 0 Å². The van der Waals surface area contributed by atoms with Crippen molar-refractivity contribution in [1.82, 2.24) is 0 Å². The average molecular weight is 383 g/mol. The number of Topliss-reactive ketones (excluding diaryl/α,β-unsaturated/α-hetero) is 2. The summed E-state index contributed by atoms with van der Waals surface area (Å²) in [6.45, 7) is 6.57. The summed E-state index contributed by atoms with van der Waals surface area (Å²) in [7, 11) is 0. The van der Waals surface area contributed by atoms with E-state index in [9.17, 15) is 9.59 Å². The van der Waals surface area contributed by atoms with Gasteiger partial charge in [0, 0.05) is 34.8 Å². The smallest absolute Gasteiger partial charge is 0.192 e. The standard InChI is InChI=1S/C26H25NO2/c1-26(2,3)16-13-11-15(12-14-16)21-22-19(9-6-10-20(22)28)27-24-17-7-4-5-8-18(17)25(29)23(21)24/h4-5,7-8,11-14,21-22H,6,9-10H2,1-3H3/t21-,22?/m1/s1. The Hall–Kier alpha value is -2.81. The number of nitrogens with zero attached hydrogens (tertiary/aromatic N) is 1. The lowest BCUT2D eigenvalue weighted by Gasteiger charge is -2.35. The van der Waals surface area contributed by atoms with Crippen LogP contribution in [0.4, 0.5) is 0 Å². The number of ketones is 2. The van der Waals surface area contributed by atoms with Gasteiger partial charge in [-0.05, 0) is 29.4 Å². The highest BCUT2D eigenvalue weighted by atomic mass is 16.1. The van der Waals surface area contributed by atoms with Crippen molar-refractivity contribution in [2.75, 3.05) is 0 Å². The molecule has 3 heteroatoms. The van der Waals surface area contributed by atoms with Crippen molar-refractivity contribution in [3.63, 3.8) is 0 Å². The Balaban J connectivity index is 1.69. The molecule has 2 atom stereocenters. The van der Waals surface area contributed by atoms with E-state index in [2.05, 4.69) is 45.0 Å². The summed E-state index contributed by atoms with van der Waals surface area (Å²) in [5.41, 5.74) is 6.42. The van der Waals surface area contributed by atoms with Crippen LogP contribution in [-0.4, -0.2) is 17.3 Å². The normalized spacial score (nSPS) is 23.5. The fourth-order valence-electron chi connectivity index (χ4n) is 5.00. The fraction of sp³-hybridized carbons (Fsp3) is 0.346. The summed E-state index contributed by atoms with van der Waals surface area (Å²) in [5.74, 6) is -0.294. The molecule has 0 saturated heterocycles. The third kappa shape index (κ3) is 2.75. The lowest BCUT2D eigenvalue weighted by Crippen LogP contribution is -2.37. The second kappa shape index (κ2) is 6.35. The molecule has 0 bridgehead atoms. The zero-order chi connectivity index (χ0) is 20.3. The van der Waals surface area contributed by atoms with Crippen LogP contribution in [0.25, 0.3) is 5.70 Å². The molecule has 1 unspecified atom stereocenters. The van der Waals surface area contributed by atoms with E-state index in [1.165, 1.54) is 5.56 Å². The Morgan fingerprint density at radius 2 is 1.55 bits per heavy atom. The van der Waals surface area contributed by atoms with Crippen LogP contribution in [0.5, 0.6) is 0 Å². The van der Waals surface area contributed by atoms with Gasteiger partial charge in [0.05, 0.1) is 11.6 Å². The maximum atomic E-state index is 13.4. The molecule has 0 spiro atoms. The number of carbonyl (C=O) groups excluding carboxylic acids is 2. The summed E-state index contributed by atoms with van der Waals surface area (Å²) in [6, 6.07) is 16.2. The number of hydrogen-bond donors (Lipinski definition) is 0. The van der Waals surface area contributed by atoms with E-state index in [0.717, 1.165) is 35.4 Å². The predicted octanol–water partition coefficient (Wildman–Crippen LogP) is 5.50. The van der Waals surface area contributed by atoms with E-state index in [0.29, 0.717) is 17.6 Å². The quantitative estimate of drug-likeness (QED) is 0.653. The molecule has 1 heterocycles. The molecule has 5 rings (SSSR count). The van der Waals surface area contributed by atoms with Gasteiger partial charge in [-0.1, -0.05) is 69.3 Å². The topological polar surface area (TPSA) is 46.5 Å². The van der Waals surface area contributed by atoms with E-state index in [4.69, 9.17) is 4.99 Å². The van der Waals surface area contributed by atoms with Gasteiger partial charge in [0.15, 0.2) is 5.78 Å². The van der Waals surface area contributed by atoms with E-state index >= 15 is 0 Å². The third-order valence-electron chi connectivity index (χ3n) is 6.52. The first-order valence-electron chi connectivity index (χ1n) is 10.4. The molecule has 0 N–H and O–H groups in total. The van der Waals surface area contributed by atoms with Crippen LogP contribution in [0.15, 0.2) is 59.1 Å². The first kappa shape index (κ1) is 18.2. The fourth-order valence-corrected chi connectivity index (χ4v) is 5.00. The summed E-state index contributed by atoms with van der Waals surface area (Å²) < 4.78 is 0. The van der Waals surface area contributed by atoms with Crippen molar-refractivity contribution in [3.8, 4) is 0 Å². The molecule has 0 radical (unpaired) electrons. The van der Waals surface area contributed by atoms with Gasteiger partial charge in [-0.2, -0.15) is 0 Å². The monoisotopic (exact) mass is 383 g/mol. The second-order valence-electron chi connectivity index (χ2n) is 9.39. The Morgan fingerprint density at radius 3 is 2.24 bits per heavy atom. The number of benzene rings is 2. The van der Waals surface area contributed by atoms with E-state index < -0.39 is 0 Å². The highest BCUT2D eigenvalue weighted by Crippen LogP contribution is 2.49. The SMILES string of the molecule is CC(C)(C)c1ccc([C@H]2C3=C(N=C4CCCC(=O)C42)c2ccccc2C3=O)cc1. The first-order chi connectivity index (χ1) is 13.9. The maximum Gasteiger partial charge on any atom is 0.192 e. The molecular formula is C26H25NO2. The summed E-state index contributed by atoms with van der Waals surface area (Å²) in [6.07, 6.45) is 2.26. The van der Waals surface area contributed by atoms with Crippen LogP contribution in [-0.2, 0) is 10.2 Å². The van der Waals surface area contributed by atoms with Crippen molar-refractivity contribution in [2.45, 2.75) is 51.4 Å². The van der Waals surface area contributed by atoms with Gasteiger partial charge < -0.3 is 0 Å². The van der Waals surface area contributed by atoms with Gasteiger partial charge in [-0.15, -0.1) is 0 Å². The molecule has 0 amide bonds. The van der Waals surface area contributed by atoms with E-state index in [-0.39, 0.29) is 28.8 Å². The lowest BCUT2D eigenvalue weighted by atomic mass is 9.69. The molecule has 3 aliphatic rings. The molecule has 146 valence electrons. The second-order valence-corrected chi connectivity index (χ2v) is 9.39. The van der Waals surface area contributed by atoms with Crippen LogP contribution in [0.1, 0.15) is 73.0 Å². The summed E-state index contributed by atoms with van der Waals surface area (Å²) >= 11 is 0.